The number of hydrazine groups is 1. The first-order valence-corrected chi connectivity index (χ1v) is 7.12. The highest BCUT2D eigenvalue weighted by Crippen LogP contribution is 2.28. The molecule has 0 aromatic carbocycles. The second kappa shape index (κ2) is 6.69. The SMILES string of the molecule is CCCOc1cncc(C(NN)c2c(C)nn(C)c2C)c1. The van der Waals surface area contributed by atoms with Crippen molar-refractivity contribution in [3.8, 4) is 5.75 Å². The van der Waals surface area contributed by atoms with Crippen LogP contribution in [0.3, 0.4) is 0 Å². The summed E-state index contributed by atoms with van der Waals surface area (Å²) < 4.78 is 7.50. The molecule has 6 heteroatoms. The van der Waals surface area contributed by atoms with Crippen molar-refractivity contribution >= 4 is 0 Å². The molecule has 1 unspecified atom stereocenters. The Hall–Kier alpha value is -1.92. The van der Waals surface area contributed by atoms with E-state index >= 15 is 0 Å². The molecule has 2 heterocycles. The highest BCUT2D eigenvalue weighted by atomic mass is 16.5. The van der Waals surface area contributed by atoms with Crippen molar-refractivity contribution in [1.82, 2.24) is 20.2 Å². The Balaban J connectivity index is 2.37. The fourth-order valence-corrected chi connectivity index (χ4v) is 2.45. The first-order valence-electron chi connectivity index (χ1n) is 7.12. The van der Waals surface area contributed by atoms with Crippen molar-refractivity contribution in [2.75, 3.05) is 6.61 Å². The molecule has 0 amide bonds. The highest BCUT2D eigenvalue weighted by molar-refractivity contribution is 5.38. The Morgan fingerprint density at radius 3 is 2.71 bits per heavy atom. The molecule has 0 aliphatic carbocycles. The predicted octanol–water partition coefficient (Wildman–Crippen LogP) is 1.77. The number of nitrogens with zero attached hydrogens (tertiary/aromatic N) is 3. The molecule has 0 saturated carbocycles. The average Bonchev–Trinajstić information content (AvgIpc) is 2.73. The van der Waals surface area contributed by atoms with Gasteiger partial charge in [-0.1, -0.05) is 6.92 Å². The maximum Gasteiger partial charge on any atom is 0.137 e. The van der Waals surface area contributed by atoms with E-state index < -0.39 is 0 Å². The second-order valence-corrected chi connectivity index (χ2v) is 5.11. The molecule has 2 rings (SSSR count). The number of rotatable bonds is 6. The highest BCUT2D eigenvalue weighted by Gasteiger charge is 2.21. The zero-order valence-electron chi connectivity index (χ0n) is 13.1. The fraction of sp³-hybridized carbons (Fsp3) is 0.467. The van der Waals surface area contributed by atoms with E-state index in [-0.39, 0.29) is 6.04 Å². The van der Waals surface area contributed by atoms with Crippen LogP contribution in [0.25, 0.3) is 0 Å². The number of aromatic nitrogens is 3. The van der Waals surface area contributed by atoms with Crippen LogP contribution in [-0.2, 0) is 7.05 Å². The molecule has 3 N–H and O–H groups in total. The van der Waals surface area contributed by atoms with E-state index in [0.717, 1.165) is 34.7 Å². The zero-order chi connectivity index (χ0) is 15.4. The molecular weight excluding hydrogens is 266 g/mol. The van der Waals surface area contributed by atoms with Gasteiger partial charge in [-0.15, -0.1) is 0 Å². The maximum absolute atomic E-state index is 5.78. The maximum atomic E-state index is 5.78. The molecule has 21 heavy (non-hydrogen) atoms. The van der Waals surface area contributed by atoms with E-state index in [9.17, 15) is 0 Å². The quantitative estimate of drug-likeness (QED) is 0.626. The molecule has 2 aromatic rings. The van der Waals surface area contributed by atoms with E-state index in [0.29, 0.717) is 6.61 Å². The molecular formula is C15H23N5O. The lowest BCUT2D eigenvalue weighted by atomic mass is 9.99. The van der Waals surface area contributed by atoms with Gasteiger partial charge in [-0.25, -0.2) is 5.43 Å². The predicted molar refractivity (Wildman–Crippen MR) is 81.9 cm³/mol. The number of aryl methyl sites for hydroxylation is 2. The Kier molecular flexibility index (Phi) is 4.93. The molecule has 0 spiro atoms. The van der Waals surface area contributed by atoms with Crippen LogP contribution < -0.4 is 16.0 Å². The smallest absolute Gasteiger partial charge is 0.137 e. The van der Waals surface area contributed by atoms with E-state index in [1.807, 2.05) is 31.6 Å². The van der Waals surface area contributed by atoms with Gasteiger partial charge >= 0.3 is 0 Å². The minimum atomic E-state index is -0.156. The number of pyridine rings is 1. The number of nitrogens with two attached hydrogens (primary N) is 1. The molecule has 1 atom stereocenters. The van der Waals surface area contributed by atoms with Crippen molar-refractivity contribution in [2.24, 2.45) is 12.9 Å². The Bertz CT molecular complexity index is 608. The Labute approximate surface area is 125 Å². The van der Waals surface area contributed by atoms with Crippen molar-refractivity contribution in [2.45, 2.75) is 33.2 Å². The third kappa shape index (κ3) is 3.22. The molecule has 0 bridgehead atoms. The van der Waals surface area contributed by atoms with E-state index in [1.165, 1.54) is 0 Å². The van der Waals surface area contributed by atoms with Gasteiger partial charge in [-0.3, -0.25) is 15.5 Å². The van der Waals surface area contributed by atoms with Crippen LogP contribution in [0.1, 0.15) is 41.9 Å². The fourth-order valence-electron chi connectivity index (χ4n) is 2.45. The van der Waals surface area contributed by atoms with E-state index in [2.05, 4.69) is 22.4 Å². The summed E-state index contributed by atoms with van der Waals surface area (Å²) in [4.78, 5) is 4.25. The third-order valence-corrected chi connectivity index (χ3v) is 3.56. The lowest BCUT2D eigenvalue weighted by molar-refractivity contribution is 0.315. The Morgan fingerprint density at radius 1 is 1.38 bits per heavy atom. The summed E-state index contributed by atoms with van der Waals surface area (Å²) in [6.45, 7) is 6.77. The van der Waals surface area contributed by atoms with Gasteiger partial charge < -0.3 is 4.74 Å². The Morgan fingerprint density at radius 2 is 2.14 bits per heavy atom. The molecule has 0 aliphatic heterocycles. The van der Waals surface area contributed by atoms with Crippen LogP contribution in [0.4, 0.5) is 0 Å². The topological polar surface area (TPSA) is 78.0 Å². The van der Waals surface area contributed by atoms with Crippen LogP contribution in [0.2, 0.25) is 0 Å². The van der Waals surface area contributed by atoms with Crippen molar-refractivity contribution < 1.29 is 4.74 Å². The first kappa shape index (κ1) is 15.5. The normalized spacial score (nSPS) is 12.4. The van der Waals surface area contributed by atoms with Crippen LogP contribution in [-0.4, -0.2) is 21.4 Å². The summed E-state index contributed by atoms with van der Waals surface area (Å²) in [5, 5.41) is 4.45. The first-order chi connectivity index (χ1) is 10.1. The van der Waals surface area contributed by atoms with Gasteiger partial charge in [-0.05, 0) is 31.9 Å². The van der Waals surface area contributed by atoms with E-state index in [4.69, 9.17) is 10.6 Å². The summed E-state index contributed by atoms with van der Waals surface area (Å²) in [6, 6.07) is 1.82. The molecule has 114 valence electrons. The second-order valence-electron chi connectivity index (χ2n) is 5.11. The molecule has 0 radical (unpaired) electrons. The van der Waals surface area contributed by atoms with Crippen LogP contribution >= 0.6 is 0 Å². The molecule has 0 saturated heterocycles. The number of hydrogen-bond acceptors (Lipinski definition) is 5. The van der Waals surface area contributed by atoms with Crippen LogP contribution in [0, 0.1) is 13.8 Å². The molecule has 2 aromatic heterocycles. The van der Waals surface area contributed by atoms with Gasteiger partial charge in [0.2, 0.25) is 0 Å². The molecule has 0 fully saturated rings. The largest absolute Gasteiger partial charge is 0.492 e. The van der Waals surface area contributed by atoms with Gasteiger partial charge in [0, 0.05) is 24.5 Å². The van der Waals surface area contributed by atoms with Crippen LogP contribution in [0.15, 0.2) is 18.5 Å². The average molecular weight is 289 g/mol. The van der Waals surface area contributed by atoms with Crippen LogP contribution in [0.5, 0.6) is 5.75 Å². The van der Waals surface area contributed by atoms with Crippen molar-refractivity contribution in [1.29, 1.82) is 0 Å². The lowest BCUT2D eigenvalue weighted by Gasteiger charge is -2.18. The number of ether oxygens (including phenoxy) is 1. The van der Waals surface area contributed by atoms with Gasteiger partial charge in [0.05, 0.1) is 24.5 Å². The van der Waals surface area contributed by atoms with Gasteiger partial charge in [0.25, 0.3) is 0 Å². The number of hydrogen-bond donors (Lipinski definition) is 2. The summed E-state index contributed by atoms with van der Waals surface area (Å²) in [7, 11) is 1.93. The van der Waals surface area contributed by atoms with Crippen molar-refractivity contribution in [3.63, 3.8) is 0 Å². The lowest BCUT2D eigenvalue weighted by Crippen LogP contribution is -2.29. The molecule has 6 nitrogen and oxygen atoms in total. The standard InChI is InChI=1S/C15H23N5O/c1-5-6-21-13-7-12(8-17-9-13)15(18-16)14-10(2)19-20(4)11(14)3/h7-9,15,18H,5-6,16H2,1-4H3. The third-order valence-electron chi connectivity index (χ3n) is 3.56. The van der Waals surface area contributed by atoms with Gasteiger partial charge in [-0.2, -0.15) is 5.10 Å². The molecule has 0 aliphatic rings. The van der Waals surface area contributed by atoms with Gasteiger partial charge in [0.15, 0.2) is 0 Å². The number of nitrogens with one attached hydrogen (secondary N) is 1. The monoisotopic (exact) mass is 289 g/mol. The van der Waals surface area contributed by atoms with E-state index in [1.54, 1.807) is 12.4 Å². The summed E-state index contributed by atoms with van der Waals surface area (Å²) in [5.74, 6) is 6.54. The minimum Gasteiger partial charge on any atom is -0.492 e. The summed E-state index contributed by atoms with van der Waals surface area (Å²) in [6.07, 6.45) is 4.48. The minimum absolute atomic E-state index is 0.156. The summed E-state index contributed by atoms with van der Waals surface area (Å²) >= 11 is 0. The summed E-state index contributed by atoms with van der Waals surface area (Å²) in [5.41, 5.74) is 6.94. The van der Waals surface area contributed by atoms with Gasteiger partial charge in [0.1, 0.15) is 5.75 Å². The zero-order valence-corrected chi connectivity index (χ0v) is 13.1. The van der Waals surface area contributed by atoms with Crippen molar-refractivity contribution in [3.05, 3.63) is 41.0 Å².